The summed E-state index contributed by atoms with van der Waals surface area (Å²) < 4.78 is 6.04. The minimum absolute atomic E-state index is 0.192. The third-order valence-electron chi connectivity index (χ3n) is 6.90. The molecule has 0 spiro atoms. The number of amides is 2. The van der Waals surface area contributed by atoms with Crippen molar-refractivity contribution in [3.8, 4) is 6.07 Å². The molecule has 3 heterocycles. The van der Waals surface area contributed by atoms with Gasteiger partial charge < -0.3 is 19.9 Å². The summed E-state index contributed by atoms with van der Waals surface area (Å²) in [7, 11) is 0. The highest BCUT2D eigenvalue weighted by atomic mass is 16.5. The van der Waals surface area contributed by atoms with E-state index >= 15 is 0 Å². The fourth-order valence-electron chi connectivity index (χ4n) is 4.91. The fraction of sp³-hybridized carbons (Fsp3) is 0.500. The molecule has 2 aliphatic heterocycles. The van der Waals surface area contributed by atoms with Crippen LogP contribution >= 0.6 is 0 Å². The Hall–Kier alpha value is -3.44. The summed E-state index contributed by atoms with van der Waals surface area (Å²) in [6.07, 6.45) is 1.33. The second-order valence-corrected chi connectivity index (χ2v) is 10.4. The average molecular weight is 490 g/mol. The maximum absolute atomic E-state index is 12.7. The van der Waals surface area contributed by atoms with Crippen molar-refractivity contribution in [3.63, 3.8) is 0 Å². The van der Waals surface area contributed by atoms with E-state index in [1.165, 1.54) is 0 Å². The molecular formula is C28H35N5O3. The number of nitrogens with zero attached hydrogens (tertiary/aromatic N) is 4. The minimum Gasteiger partial charge on any atom is -0.370 e. The third-order valence-corrected chi connectivity index (χ3v) is 6.90. The van der Waals surface area contributed by atoms with Crippen LogP contribution in [0.15, 0.2) is 30.3 Å². The molecule has 0 radical (unpaired) electrons. The molecule has 1 aromatic heterocycles. The predicted molar refractivity (Wildman–Crippen MR) is 138 cm³/mol. The highest BCUT2D eigenvalue weighted by molar-refractivity contribution is 6.35. The first-order chi connectivity index (χ1) is 17.2. The number of aromatic nitrogens is 1. The number of hydrogen-bond donors (Lipinski definition) is 1. The van der Waals surface area contributed by atoms with Gasteiger partial charge in [-0.15, -0.1) is 0 Å². The normalized spacial score (nSPS) is 16.9. The lowest BCUT2D eigenvalue weighted by molar-refractivity contribution is -0.146. The molecule has 2 aliphatic rings. The van der Waals surface area contributed by atoms with Crippen LogP contribution in [0, 0.1) is 11.3 Å². The molecule has 1 aromatic carbocycles. The number of rotatable bonds is 5. The van der Waals surface area contributed by atoms with Crippen LogP contribution in [0.2, 0.25) is 0 Å². The van der Waals surface area contributed by atoms with Crippen molar-refractivity contribution in [2.24, 2.45) is 0 Å². The number of fused-ring (bicyclic) bond motifs is 1. The van der Waals surface area contributed by atoms with E-state index in [0.29, 0.717) is 63.6 Å². The smallest absolute Gasteiger partial charge is 0.312 e. The maximum atomic E-state index is 12.7. The molecule has 8 heteroatoms. The summed E-state index contributed by atoms with van der Waals surface area (Å²) in [5.41, 5.74) is 4.39. The molecule has 0 unspecified atom stereocenters. The monoisotopic (exact) mass is 489 g/mol. The van der Waals surface area contributed by atoms with Crippen molar-refractivity contribution in [2.45, 2.75) is 58.7 Å². The van der Waals surface area contributed by atoms with Gasteiger partial charge in [-0.2, -0.15) is 5.26 Å². The zero-order valence-corrected chi connectivity index (χ0v) is 21.6. The molecule has 0 atom stereocenters. The molecule has 36 heavy (non-hydrogen) atoms. The van der Waals surface area contributed by atoms with Crippen LogP contribution < -0.4 is 10.2 Å². The number of anilines is 1. The standard InChI is InChI=1S/C28H35N5O3/c1-19(2)24-23-18-36-28(3,4)16-21(23)22(17-29)25(31-24)32-12-14-33(15-13-32)27(35)26(34)30-11-10-20-8-6-5-7-9-20/h5-9,19H,10-16,18H2,1-4H3,(H,30,34). The number of piperazine rings is 1. The Morgan fingerprint density at radius 2 is 1.83 bits per heavy atom. The Bertz CT molecular complexity index is 1160. The average Bonchev–Trinajstić information content (AvgIpc) is 2.87. The van der Waals surface area contributed by atoms with Gasteiger partial charge in [0.2, 0.25) is 0 Å². The summed E-state index contributed by atoms with van der Waals surface area (Å²) in [5, 5.41) is 12.8. The Balaban J connectivity index is 1.43. The molecular weight excluding hydrogens is 454 g/mol. The Labute approximate surface area is 213 Å². The molecule has 4 rings (SSSR count). The number of ether oxygens (including phenoxy) is 1. The van der Waals surface area contributed by atoms with Crippen molar-refractivity contribution in [1.29, 1.82) is 5.26 Å². The second-order valence-electron chi connectivity index (χ2n) is 10.4. The SMILES string of the molecule is CC(C)c1nc(N2CCN(C(=O)C(=O)NCCc3ccccc3)CC2)c(C#N)c2c1COC(C)(C)C2. The second kappa shape index (κ2) is 10.7. The van der Waals surface area contributed by atoms with Crippen LogP contribution in [0.3, 0.4) is 0 Å². The van der Waals surface area contributed by atoms with Crippen LogP contribution in [0.5, 0.6) is 0 Å². The number of carbonyl (C=O) groups is 2. The van der Waals surface area contributed by atoms with Crippen molar-refractivity contribution >= 4 is 17.6 Å². The minimum atomic E-state index is -0.576. The zero-order valence-electron chi connectivity index (χ0n) is 21.6. The summed E-state index contributed by atoms with van der Waals surface area (Å²) in [6.45, 7) is 11.0. The van der Waals surface area contributed by atoms with E-state index in [9.17, 15) is 14.9 Å². The van der Waals surface area contributed by atoms with Crippen molar-refractivity contribution < 1.29 is 14.3 Å². The molecule has 0 aliphatic carbocycles. The van der Waals surface area contributed by atoms with Gasteiger partial charge in [-0.25, -0.2) is 4.98 Å². The third kappa shape index (κ3) is 5.52. The largest absolute Gasteiger partial charge is 0.370 e. The van der Waals surface area contributed by atoms with E-state index in [0.717, 1.165) is 22.4 Å². The van der Waals surface area contributed by atoms with Crippen molar-refractivity contribution in [1.82, 2.24) is 15.2 Å². The summed E-state index contributed by atoms with van der Waals surface area (Å²) >= 11 is 0. The Morgan fingerprint density at radius 1 is 1.14 bits per heavy atom. The quantitative estimate of drug-likeness (QED) is 0.649. The lowest BCUT2D eigenvalue weighted by atomic mass is 9.86. The number of nitrogens with one attached hydrogen (secondary N) is 1. The van der Waals surface area contributed by atoms with Crippen LogP contribution in [0.4, 0.5) is 5.82 Å². The predicted octanol–water partition coefficient (Wildman–Crippen LogP) is 2.94. The molecule has 0 bridgehead atoms. The molecule has 1 N–H and O–H groups in total. The highest BCUT2D eigenvalue weighted by Crippen LogP contribution is 2.37. The van der Waals surface area contributed by atoms with Gasteiger partial charge in [0, 0.05) is 44.7 Å². The van der Waals surface area contributed by atoms with Crippen LogP contribution in [0.25, 0.3) is 0 Å². The Kier molecular flexibility index (Phi) is 7.60. The fourth-order valence-corrected chi connectivity index (χ4v) is 4.91. The van der Waals surface area contributed by atoms with Gasteiger partial charge >= 0.3 is 11.8 Å². The summed E-state index contributed by atoms with van der Waals surface area (Å²) in [4.78, 5) is 33.8. The van der Waals surface area contributed by atoms with E-state index in [1.807, 2.05) is 44.2 Å². The van der Waals surface area contributed by atoms with Gasteiger partial charge in [0.15, 0.2) is 0 Å². The number of carbonyl (C=O) groups excluding carboxylic acids is 2. The molecule has 1 fully saturated rings. The molecule has 2 amide bonds. The lowest BCUT2D eigenvalue weighted by Gasteiger charge is -2.38. The van der Waals surface area contributed by atoms with E-state index in [2.05, 4.69) is 30.1 Å². The highest BCUT2D eigenvalue weighted by Gasteiger charge is 2.34. The van der Waals surface area contributed by atoms with Crippen molar-refractivity contribution in [3.05, 3.63) is 58.3 Å². The number of hydrogen-bond acceptors (Lipinski definition) is 6. The van der Waals surface area contributed by atoms with E-state index in [-0.39, 0.29) is 11.5 Å². The van der Waals surface area contributed by atoms with E-state index in [4.69, 9.17) is 9.72 Å². The first-order valence-corrected chi connectivity index (χ1v) is 12.7. The Morgan fingerprint density at radius 3 is 2.47 bits per heavy atom. The molecule has 8 nitrogen and oxygen atoms in total. The zero-order chi connectivity index (χ0) is 25.9. The van der Waals surface area contributed by atoms with Gasteiger partial charge in [-0.3, -0.25) is 9.59 Å². The van der Waals surface area contributed by atoms with Gasteiger partial charge in [0.25, 0.3) is 0 Å². The lowest BCUT2D eigenvalue weighted by Crippen LogP contribution is -2.53. The van der Waals surface area contributed by atoms with Gasteiger partial charge in [0.1, 0.15) is 11.9 Å². The molecule has 1 saturated heterocycles. The molecule has 190 valence electrons. The topological polar surface area (TPSA) is 98.6 Å². The number of pyridine rings is 1. The van der Waals surface area contributed by atoms with E-state index < -0.39 is 11.8 Å². The van der Waals surface area contributed by atoms with Gasteiger partial charge in [-0.05, 0) is 37.3 Å². The van der Waals surface area contributed by atoms with Gasteiger partial charge in [-0.1, -0.05) is 44.2 Å². The van der Waals surface area contributed by atoms with Gasteiger partial charge in [0.05, 0.1) is 23.5 Å². The summed E-state index contributed by atoms with van der Waals surface area (Å²) in [6, 6.07) is 12.3. The van der Waals surface area contributed by atoms with Crippen LogP contribution in [-0.4, -0.2) is 60.0 Å². The first-order valence-electron chi connectivity index (χ1n) is 12.7. The van der Waals surface area contributed by atoms with Crippen LogP contribution in [-0.2, 0) is 33.8 Å². The number of nitriles is 1. The molecule has 2 aromatic rings. The number of benzene rings is 1. The molecule has 0 saturated carbocycles. The first kappa shape index (κ1) is 25.6. The van der Waals surface area contributed by atoms with Crippen LogP contribution in [0.1, 0.15) is 61.6 Å². The van der Waals surface area contributed by atoms with E-state index in [1.54, 1.807) is 4.90 Å². The van der Waals surface area contributed by atoms with Crippen molar-refractivity contribution in [2.75, 3.05) is 37.6 Å². The summed E-state index contributed by atoms with van der Waals surface area (Å²) in [5.74, 6) is -0.216. The maximum Gasteiger partial charge on any atom is 0.312 e.